The van der Waals surface area contributed by atoms with E-state index in [0.29, 0.717) is 18.4 Å². The average Bonchev–Trinajstić information content (AvgIpc) is 3.00. The molecule has 2 atom stereocenters. The van der Waals surface area contributed by atoms with Crippen LogP contribution in [0.3, 0.4) is 0 Å². The first-order valence-corrected chi connectivity index (χ1v) is 12.0. The third-order valence-corrected chi connectivity index (χ3v) is 8.49. The molecule has 31 heavy (non-hydrogen) atoms. The average molecular weight is 446 g/mol. The fourth-order valence-electron chi connectivity index (χ4n) is 4.56. The van der Waals surface area contributed by atoms with E-state index in [9.17, 15) is 22.8 Å². The Hall–Kier alpha value is -2.52. The Labute approximate surface area is 182 Å². The van der Waals surface area contributed by atoms with Crippen LogP contribution in [0, 0.1) is 25.7 Å². The Morgan fingerprint density at radius 2 is 1.55 bits per heavy atom. The maximum absolute atomic E-state index is 13.1. The number of likely N-dealkylation sites (tertiary alicyclic amines) is 1. The van der Waals surface area contributed by atoms with Crippen LogP contribution in [0.2, 0.25) is 0 Å². The van der Waals surface area contributed by atoms with E-state index in [4.69, 9.17) is 0 Å². The highest BCUT2D eigenvalue weighted by molar-refractivity contribution is 7.89. The zero-order valence-corrected chi connectivity index (χ0v) is 18.6. The van der Waals surface area contributed by atoms with Crippen LogP contribution >= 0.6 is 0 Å². The Morgan fingerprint density at radius 1 is 0.968 bits per heavy atom. The third-order valence-electron chi connectivity index (χ3n) is 6.45. The maximum Gasteiger partial charge on any atom is 0.243 e. The zero-order valence-electron chi connectivity index (χ0n) is 17.8. The molecule has 166 valence electrons. The summed E-state index contributed by atoms with van der Waals surface area (Å²) in [5.74, 6) is -1.58. The van der Waals surface area contributed by atoms with Gasteiger partial charge in [0.15, 0.2) is 0 Å². The highest BCUT2D eigenvalue weighted by atomic mass is 32.2. The number of rotatable bonds is 4. The van der Waals surface area contributed by atoms with E-state index in [1.807, 2.05) is 25.1 Å². The fourth-order valence-corrected chi connectivity index (χ4v) is 6.29. The van der Waals surface area contributed by atoms with Crippen molar-refractivity contribution in [2.45, 2.75) is 31.6 Å². The molecule has 1 aromatic carbocycles. The molecule has 8 nitrogen and oxygen atoms in total. The summed E-state index contributed by atoms with van der Waals surface area (Å²) in [7, 11) is -3.65. The number of allylic oxidation sites excluding steroid dienone is 2. The van der Waals surface area contributed by atoms with Gasteiger partial charge in [-0.3, -0.25) is 19.3 Å². The van der Waals surface area contributed by atoms with Crippen molar-refractivity contribution < 1.29 is 22.8 Å². The summed E-state index contributed by atoms with van der Waals surface area (Å²) in [6.45, 7) is 4.16. The number of fused-ring (bicyclic) bond motifs is 1. The number of carbonyl (C=O) groups is 3. The molecule has 0 saturated carbocycles. The second-order valence-electron chi connectivity index (χ2n) is 8.47. The van der Waals surface area contributed by atoms with Gasteiger partial charge in [0.1, 0.15) is 6.54 Å². The molecule has 9 heteroatoms. The molecular formula is C22H27N3O5S. The lowest BCUT2D eigenvalue weighted by Crippen LogP contribution is -2.53. The van der Waals surface area contributed by atoms with Gasteiger partial charge < -0.3 is 4.90 Å². The monoisotopic (exact) mass is 445 g/mol. The Kier molecular flexibility index (Phi) is 5.74. The summed E-state index contributed by atoms with van der Waals surface area (Å²) in [5.41, 5.74) is 1.56. The molecule has 1 aromatic rings. The molecule has 2 saturated heterocycles. The molecule has 1 aliphatic carbocycles. The van der Waals surface area contributed by atoms with Crippen LogP contribution in [0.25, 0.3) is 0 Å². The SMILES string of the molecule is Cc1ccc(C)c(S(=O)(=O)N2CCN(C(=O)CN3C(=O)C4CC=CCC4C3=O)CC2)c1. The summed E-state index contributed by atoms with van der Waals surface area (Å²) in [6.07, 6.45) is 4.89. The minimum absolute atomic E-state index is 0.179. The van der Waals surface area contributed by atoms with Gasteiger partial charge in [0, 0.05) is 26.2 Å². The fraction of sp³-hybridized carbons (Fsp3) is 0.500. The summed E-state index contributed by atoms with van der Waals surface area (Å²) in [6, 6.07) is 5.33. The van der Waals surface area contributed by atoms with Crippen molar-refractivity contribution in [1.29, 1.82) is 0 Å². The van der Waals surface area contributed by atoms with Gasteiger partial charge in [-0.05, 0) is 43.9 Å². The molecule has 4 rings (SSSR count). The van der Waals surface area contributed by atoms with E-state index >= 15 is 0 Å². The molecule has 0 N–H and O–H groups in total. The lowest BCUT2D eigenvalue weighted by Gasteiger charge is -2.35. The Morgan fingerprint density at radius 3 is 2.13 bits per heavy atom. The van der Waals surface area contributed by atoms with E-state index in [1.165, 1.54) is 9.21 Å². The Balaban J connectivity index is 1.39. The molecule has 0 radical (unpaired) electrons. The van der Waals surface area contributed by atoms with Gasteiger partial charge in [-0.15, -0.1) is 0 Å². The van der Waals surface area contributed by atoms with E-state index < -0.39 is 10.0 Å². The van der Waals surface area contributed by atoms with Crippen molar-refractivity contribution >= 4 is 27.7 Å². The van der Waals surface area contributed by atoms with Crippen molar-refractivity contribution in [2.75, 3.05) is 32.7 Å². The molecule has 2 fully saturated rings. The van der Waals surface area contributed by atoms with Crippen LogP contribution in [-0.4, -0.2) is 73.0 Å². The number of amides is 3. The van der Waals surface area contributed by atoms with Crippen molar-refractivity contribution in [3.8, 4) is 0 Å². The molecule has 2 unspecified atom stereocenters. The van der Waals surface area contributed by atoms with Gasteiger partial charge in [0.2, 0.25) is 27.7 Å². The van der Waals surface area contributed by atoms with Gasteiger partial charge in [-0.2, -0.15) is 4.31 Å². The number of benzene rings is 1. The molecule has 2 aliphatic heterocycles. The van der Waals surface area contributed by atoms with Gasteiger partial charge in [-0.25, -0.2) is 8.42 Å². The first-order valence-electron chi connectivity index (χ1n) is 10.6. The number of sulfonamides is 1. The van der Waals surface area contributed by atoms with Crippen molar-refractivity contribution in [3.63, 3.8) is 0 Å². The topological polar surface area (TPSA) is 95.1 Å². The number of nitrogens with zero attached hydrogens (tertiary/aromatic N) is 3. The maximum atomic E-state index is 13.1. The summed E-state index contributed by atoms with van der Waals surface area (Å²) in [4.78, 5) is 40.8. The van der Waals surface area contributed by atoms with Crippen LogP contribution < -0.4 is 0 Å². The number of hydrogen-bond acceptors (Lipinski definition) is 5. The predicted molar refractivity (Wildman–Crippen MR) is 113 cm³/mol. The number of aryl methyl sites for hydroxylation is 2. The van der Waals surface area contributed by atoms with E-state index in [-0.39, 0.29) is 67.2 Å². The minimum atomic E-state index is -3.65. The third kappa shape index (κ3) is 3.92. The summed E-state index contributed by atoms with van der Waals surface area (Å²) in [5, 5.41) is 0. The van der Waals surface area contributed by atoms with Gasteiger partial charge >= 0.3 is 0 Å². The molecule has 0 spiro atoms. The second-order valence-corrected chi connectivity index (χ2v) is 10.4. The molecule has 0 aromatic heterocycles. The minimum Gasteiger partial charge on any atom is -0.338 e. The van der Waals surface area contributed by atoms with E-state index in [1.54, 1.807) is 19.1 Å². The smallest absolute Gasteiger partial charge is 0.243 e. The van der Waals surface area contributed by atoms with Crippen LogP contribution in [0.1, 0.15) is 24.0 Å². The first-order chi connectivity index (χ1) is 14.7. The zero-order chi connectivity index (χ0) is 22.3. The summed E-state index contributed by atoms with van der Waals surface area (Å²) < 4.78 is 27.5. The highest BCUT2D eigenvalue weighted by Gasteiger charge is 2.48. The van der Waals surface area contributed by atoms with E-state index in [2.05, 4.69) is 0 Å². The number of piperazine rings is 1. The summed E-state index contributed by atoms with van der Waals surface area (Å²) >= 11 is 0. The van der Waals surface area contributed by atoms with E-state index in [0.717, 1.165) is 10.5 Å². The van der Waals surface area contributed by atoms with Gasteiger partial charge in [0.25, 0.3) is 0 Å². The van der Waals surface area contributed by atoms with Crippen LogP contribution in [0.4, 0.5) is 0 Å². The lowest BCUT2D eigenvalue weighted by molar-refractivity contribution is -0.147. The van der Waals surface area contributed by atoms with Gasteiger partial charge in [0.05, 0.1) is 16.7 Å². The van der Waals surface area contributed by atoms with Crippen LogP contribution in [0.15, 0.2) is 35.2 Å². The van der Waals surface area contributed by atoms with Crippen LogP contribution in [0.5, 0.6) is 0 Å². The molecule has 3 amide bonds. The molecular weight excluding hydrogens is 418 g/mol. The quantitative estimate of drug-likeness (QED) is 0.511. The van der Waals surface area contributed by atoms with Crippen molar-refractivity contribution in [3.05, 3.63) is 41.5 Å². The first kappa shape index (κ1) is 21.7. The highest BCUT2D eigenvalue weighted by Crippen LogP contribution is 2.35. The molecule has 3 aliphatic rings. The van der Waals surface area contributed by atoms with Gasteiger partial charge in [-0.1, -0.05) is 24.3 Å². The lowest BCUT2D eigenvalue weighted by atomic mass is 9.85. The number of imide groups is 1. The number of hydrogen-bond donors (Lipinski definition) is 0. The normalized spacial score (nSPS) is 24.6. The Bertz CT molecular complexity index is 1030. The predicted octanol–water partition coefficient (Wildman–Crippen LogP) is 1.09. The second kappa shape index (κ2) is 8.20. The van der Waals surface area contributed by atoms with Crippen LogP contribution in [-0.2, 0) is 24.4 Å². The largest absolute Gasteiger partial charge is 0.338 e. The van der Waals surface area contributed by atoms with Crippen molar-refractivity contribution in [1.82, 2.24) is 14.1 Å². The standard InChI is InChI=1S/C22H27N3O5S/c1-15-7-8-16(2)19(13-15)31(29,30)24-11-9-23(10-12-24)20(26)14-25-21(27)17-5-3-4-6-18(17)22(25)28/h3-4,7-8,13,17-18H,5-6,9-12,14H2,1-2H3. The molecule has 0 bridgehead atoms. The number of carbonyl (C=O) groups excluding carboxylic acids is 3. The molecule has 2 heterocycles. The van der Waals surface area contributed by atoms with Crippen molar-refractivity contribution in [2.24, 2.45) is 11.8 Å².